The Balaban J connectivity index is 1.19. The van der Waals surface area contributed by atoms with E-state index in [0.717, 1.165) is 34.8 Å². The summed E-state index contributed by atoms with van der Waals surface area (Å²) in [6, 6.07) is 14.2. The van der Waals surface area contributed by atoms with E-state index < -0.39 is 30.1 Å². The minimum Gasteiger partial charge on any atom is -0.455 e. The Labute approximate surface area is 252 Å². The van der Waals surface area contributed by atoms with Gasteiger partial charge in [-0.05, 0) is 84.2 Å². The lowest BCUT2D eigenvalue weighted by Crippen LogP contribution is -2.44. The third-order valence-electron chi connectivity index (χ3n) is 8.09. The van der Waals surface area contributed by atoms with E-state index >= 15 is 0 Å². The van der Waals surface area contributed by atoms with E-state index in [2.05, 4.69) is 33.2 Å². The van der Waals surface area contributed by atoms with E-state index in [4.69, 9.17) is 19.3 Å². The number of hydrogen-bond donors (Lipinski definition) is 3. The molecule has 216 valence electrons. The Morgan fingerprint density at radius 3 is 2.44 bits per heavy atom. The second-order valence-electron chi connectivity index (χ2n) is 11.1. The van der Waals surface area contributed by atoms with E-state index in [-0.39, 0.29) is 37.9 Å². The highest BCUT2D eigenvalue weighted by molar-refractivity contribution is 14.1. The van der Waals surface area contributed by atoms with Crippen LogP contribution in [0, 0.1) is 15.4 Å². The van der Waals surface area contributed by atoms with Crippen LogP contribution in [0.2, 0.25) is 0 Å². The van der Waals surface area contributed by atoms with Crippen LogP contribution in [0.1, 0.15) is 58.4 Å². The summed E-state index contributed by atoms with van der Waals surface area (Å²) in [6.45, 7) is 0.236. The van der Waals surface area contributed by atoms with Crippen LogP contribution in [0.4, 0.5) is 0 Å². The molecule has 4 aliphatic rings. The van der Waals surface area contributed by atoms with Crippen LogP contribution in [0.3, 0.4) is 0 Å². The van der Waals surface area contributed by atoms with Crippen LogP contribution in [0.5, 0.6) is 0 Å². The summed E-state index contributed by atoms with van der Waals surface area (Å²) in [6.07, 6.45) is 4.61. The number of halogens is 1. The first-order valence-electron chi connectivity index (χ1n) is 14.2. The van der Waals surface area contributed by atoms with Crippen LogP contribution in [0.15, 0.2) is 60.2 Å². The number of benzene rings is 2. The first kappa shape index (κ1) is 28.3. The van der Waals surface area contributed by atoms with E-state index in [1.807, 2.05) is 24.3 Å². The van der Waals surface area contributed by atoms with Gasteiger partial charge in [-0.25, -0.2) is 4.79 Å². The first-order valence-corrected chi connectivity index (χ1v) is 15.2. The maximum Gasteiger partial charge on any atom is 0.339 e. The van der Waals surface area contributed by atoms with Crippen LogP contribution in [0.25, 0.3) is 0 Å². The zero-order chi connectivity index (χ0) is 28.6. The SMILES string of the molecule is O=C(NCc1cccc(C(=O)NCCO)c1)C1=C[C@H]2OC(C3CC3)(C3CC3)O[C@H]2[C@H](OC(=O)c2ccccc2I)C1. The molecule has 1 saturated heterocycles. The average molecular weight is 673 g/mol. The Bertz CT molecular complexity index is 1360. The highest BCUT2D eigenvalue weighted by atomic mass is 127. The second kappa shape index (κ2) is 11.8. The Morgan fingerprint density at radius 2 is 1.73 bits per heavy atom. The van der Waals surface area contributed by atoms with Crippen LogP contribution >= 0.6 is 22.6 Å². The fourth-order valence-corrected chi connectivity index (χ4v) is 6.39. The maximum absolute atomic E-state index is 13.4. The number of hydrogen-bond acceptors (Lipinski definition) is 7. The van der Waals surface area contributed by atoms with Crippen molar-refractivity contribution in [2.75, 3.05) is 13.2 Å². The molecule has 0 radical (unpaired) electrons. The Morgan fingerprint density at radius 1 is 0.976 bits per heavy atom. The molecule has 3 N–H and O–H groups in total. The lowest BCUT2D eigenvalue weighted by Gasteiger charge is -2.31. The van der Waals surface area contributed by atoms with Crippen LogP contribution in [-0.4, -0.2) is 60.1 Å². The monoisotopic (exact) mass is 672 g/mol. The molecule has 0 unspecified atom stereocenters. The van der Waals surface area contributed by atoms with E-state index in [9.17, 15) is 14.4 Å². The molecule has 1 heterocycles. The number of carbonyl (C=O) groups is 3. The van der Waals surface area contributed by atoms with Crippen molar-refractivity contribution >= 4 is 40.4 Å². The van der Waals surface area contributed by atoms with Gasteiger partial charge >= 0.3 is 5.97 Å². The lowest BCUT2D eigenvalue weighted by atomic mass is 9.91. The summed E-state index contributed by atoms with van der Waals surface area (Å²) in [5.74, 6) is -1.03. The molecule has 1 aliphatic heterocycles. The topological polar surface area (TPSA) is 123 Å². The van der Waals surface area contributed by atoms with Gasteiger partial charge < -0.3 is 30.0 Å². The maximum atomic E-state index is 13.4. The van der Waals surface area contributed by atoms with Gasteiger partial charge in [0.1, 0.15) is 18.3 Å². The number of aliphatic hydroxyl groups is 1. The fraction of sp³-hybridized carbons (Fsp3) is 0.452. The number of aliphatic hydroxyl groups excluding tert-OH is 1. The summed E-state index contributed by atoms with van der Waals surface area (Å²) in [4.78, 5) is 38.9. The molecule has 2 aromatic carbocycles. The molecule has 0 spiro atoms. The normalized spacial score (nSPS) is 24.6. The third-order valence-corrected chi connectivity index (χ3v) is 9.03. The largest absolute Gasteiger partial charge is 0.455 e. The molecule has 2 aromatic rings. The number of carbonyl (C=O) groups excluding carboxylic acids is 3. The van der Waals surface area contributed by atoms with Gasteiger partial charge in [0.25, 0.3) is 5.91 Å². The highest BCUT2D eigenvalue weighted by Gasteiger charge is 2.64. The van der Waals surface area contributed by atoms with Crippen molar-refractivity contribution < 1.29 is 33.7 Å². The number of ether oxygens (including phenoxy) is 3. The standard InChI is InChI=1S/C31H33IN2O7/c32-24-7-2-1-6-23(24)30(38)39-25-15-20(16-26-27(25)41-31(40-26,21-8-9-21)22-10-11-22)29(37)34-17-18-4-3-5-19(14-18)28(36)33-12-13-35/h1-7,14,16,21-22,25-27,35H,8-13,15,17H2,(H,33,36)(H,34,37)/t25-,26-,27+/m1/s1. The van der Waals surface area contributed by atoms with E-state index in [0.29, 0.717) is 28.5 Å². The van der Waals surface area contributed by atoms with Gasteiger partial charge in [-0.15, -0.1) is 0 Å². The molecule has 3 aliphatic carbocycles. The summed E-state index contributed by atoms with van der Waals surface area (Å²) < 4.78 is 20.1. The quantitative estimate of drug-likeness (QED) is 0.261. The van der Waals surface area contributed by atoms with Crippen molar-refractivity contribution in [1.29, 1.82) is 0 Å². The predicted octanol–water partition coefficient (Wildman–Crippen LogP) is 3.49. The zero-order valence-corrected chi connectivity index (χ0v) is 24.7. The fourth-order valence-electron chi connectivity index (χ4n) is 5.79. The molecule has 0 aromatic heterocycles. The van der Waals surface area contributed by atoms with Crippen molar-refractivity contribution in [2.24, 2.45) is 11.8 Å². The number of esters is 1. The molecule has 10 heteroatoms. The van der Waals surface area contributed by atoms with Gasteiger partial charge in [-0.3, -0.25) is 9.59 Å². The molecule has 0 bridgehead atoms. The van der Waals surface area contributed by atoms with Crippen molar-refractivity contribution in [1.82, 2.24) is 10.6 Å². The molecule has 2 saturated carbocycles. The van der Waals surface area contributed by atoms with Crippen LogP contribution < -0.4 is 10.6 Å². The van der Waals surface area contributed by atoms with Gasteiger partial charge in [0.2, 0.25) is 5.91 Å². The molecule has 3 atom stereocenters. The number of amides is 2. The predicted molar refractivity (Wildman–Crippen MR) is 157 cm³/mol. The van der Waals surface area contributed by atoms with E-state index in [1.54, 1.807) is 30.3 Å². The third kappa shape index (κ3) is 6.06. The van der Waals surface area contributed by atoms with Gasteiger partial charge in [0.05, 0.1) is 12.2 Å². The second-order valence-corrected chi connectivity index (χ2v) is 12.3. The van der Waals surface area contributed by atoms with Crippen LogP contribution in [-0.2, 0) is 25.5 Å². The van der Waals surface area contributed by atoms with E-state index in [1.165, 1.54) is 0 Å². The van der Waals surface area contributed by atoms with Crippen molar-refractivity contribution in [3.05, 3.63) is 80.4 Å². The summed E-state index contributed by atoms with van der Waals surface area (Å²) in [7, 11) is 0. The smallest absolute Gasteiger partial charge is 0.339 e. The lowest BCUT2D eigenvalue weighted by molar-refractivity contribution is -0.209. The Kier molecular flexibility index (Phi) is 8.17. The zero-order valence-electron chi connectivity index (χ0n) is 22.5. The van der Waals surface area contributed by atoms with Crippen molar-refractivity contribution in [3.8, 4) is 0 Å². The molecule has 41 heavy (non-hydrogen) atoms. The highest BCUT2D eigenvalue weighted by Crippen LogP contribution is 2.59. The number of nitrogens with one attached hydrogen (secondary N) is 2. The average Bonchev–Trinajstić information content (AvgIpc) is 3.92. The molecular weight excluding hydrogens is 639 g/mol. The van der Waals surface area contributed by atoms with Gasteiger partial charge in [0.15, 0.2) is 5.79 Å². The summed E-state index contributed by atoms with van der Waals surface area (Å²) in [5.41, 5.74) is 2.16. The number of fused-ring (bicyclic) bond motifs is 1. The summed E-state index contributed by atoms with van der Waals surface area (Å²) in [5, 5.41) is 14.5. The minimum absolute atomic E-state index is 0.142. The minimum atomic E-state index is -0.674. The molecular formula is C31H33IN2O7. The number of rotatable bonds is 10. The van der Waals surface area contributed by atoms with Gasteiger partial charge in [-0.1, -0.05) is 24.3 Å². The molecule has 9 nitrogen and oxygen atoms in total. The Hall–Kier alpha value is -2.80. The first-order chi connectivity index (χ1) is 19.9. The van der Waals surface area contributed by atoms with Crippen molar-refractivity contribution in [3.63, 3.8) is 0 Å². The summed E-state index contributed by atoms with van der Waals surface area (Å²) >= 11 is 2.12. The van der Waals surface area contributed by atoms with Gasteiger partial charge in [-0.2, -0.15) is 0 Å². The van der Waals surface area contributed by atoms with Gasteiger partial charge in [0, 0.05) is 46.1 Å². The molecule has 6 rings (SSSR count). The van der Waals surface area contributed by atoms with Crippen molar-refractivity contribution in [2.45, 2.75) is 62.7 Å². The molecule has 2 amide bonds. The molecule has 3 fully saturated rings.